The van der Waals surface area contributed by atoms with E-state index in [1.807, 2.05) is 22.7 Å². The quantitative estimate of drug-likeness (QED) is 0.772. The van der Waals surface area contributed by atoms with Crippen LogP contribution in [0.5, 0.6) is 0 Å². The topological polar surface area (TPSA) is 73.4 Å². The van der Waals surface area contributed by atoms with Crippen molar-refractivity contribution in [3.05, 3.63) is 28.1 Å². The predicted octanol–water partition coefficient (Wildman–Crippen LogP) is 2.46. The first-order valence-corrected chi connectivity index (χ1v) is 7.37. The molecule has 1 N–H and O–H groups in total. The summed E-state index contributed by atoms with van der Waals surface area (Å²) in [6.45, 7) is 0.620. The molecule has 0 radical (unpaired) electrons. The molecular weight excluding hydrogens is 369 g/mol. The number of fused-ring (bicyclic) bond motifs is 1. The van der Waals surface area contributed by atoms with Crippen LogP contribution in [0.2, 0.25) is 0 Å². The van der Waals surface area contributed by atoms with Gasteiger partial charge < -0.3 is 9.30 Å². The number of carbonyl (C=O) groups excluding carboxylic acids is 1. The maximum atomic E-state index is 12.1. The minimum Gasteiger partial charge on any atom is -0.308 e. The number of nitrogens with one attached hydrogen (secondary N) is 1. The number of hydrogen-bond donors (Lipinski definition) is 1. The molecule has 0 aliphatic carbocycles. The SMILES string of the molecule is N#CC1CCCN1C(=O)Nc1cn2cc(I)ccc2n1. The van der Waals surface area contributed by atoms with Gasteiger partial charge >= 0.3 is 6.03 Å². The first-order chi connectivity index (χ1) is 9.67. The molecule has 1 aliphatic rings. The standard InChI is InChI=1S/C13H12IN5O/c14-9-3-4-12-16-11(8-18(12)7-9)17-13(20)19-5-1-2-10(19)6-15/h3-4,7-8,10H,1-2,5H2,(H,17,20). The molecule has 0 spiro atoms. The molecule has 7 heteroatoms. The lowest BCUT2D eigenvalue weighted by molar-refractivity contribution is 0.215. The lowest BCUT2D eigenvalue weighted by Crippen LogP contribution is -2.38. The fraction of sp³-hybridized carbons (Fsp3) is 0.308. The van der Waals surface area contributed by atoms with Crippen LogP contribution in [0.1, 0.15) is 12.8 Å². The van der Waals surface area contributed by atoms with Gasteiger partial charge in [-0.3, -0.25) is 5.32 Å². The Morgan fingerprint density at radius 2 is 2.35 bits per heavy atom. The Bertz CT molecular complexity index is 704. The van der Waals surface area contributed by atoms with E-state index in [0.717, 1.165) is 22.1 Å². The first kappa shape index (κ1) is 13.2. The third-order valence-corrected chi connectivity index (χ3v) is 3.95. The average Bonchev–Trinajstić information content (AvgIpc) is 3.03. The molecule has 1 saturated heterocycles. The van der Waals surface area contributed by atoms with Crippen LogP contribution in [0.25, 0.3) is 5.65 Å². The van der Waals surface area contributed by atoms with Crippen molar-refractivity contribution in [2.24, 2.45) is 0 Å². The molecule has 1 fully saturated rings. The number of likely N-dealkylation sites (tertiary alicyclic amines) is 1. The first-order valence-electron chi connectivity index (χ1n) is 6.29. The summed E-state index contributed by atoms with van der Waals surface area (Å²) >= 11 is 2.22. The molecule has 2 aromatic heterocycles. The van der Waals surface area contributed by atoms with Crippen LogP contribution in [0, 0.1) is 14.9 Å². The lowest BCUT2D eigenvalue weighted by atomic mass is 10.2. The van der Waals surface area contributed by atoms with E-state index in [0.29, 0.717) is 12.4 Å². The average molecular weight is 381 g/mol. The summed E-state index contributed by atoms with van der Waals surface area (Å²) in [6, 6.07) is 5.42. The van der Waals surface area contributed by atoms with Gasteiger partial charge in [-0.15, -0.1) is 0 Å². The van der Waals surface area contributed by atoms with Gasteiger partial charge in [-0.1, -0.05) is 0 Å². The van der Waals surface area contributed by atoms with Crippen LogP contribution in [0.4, 0.5) is 10.6 Å². The zero-order valence-electron chi connectivity index (χ0n) is 10.6. The van der Waals surface area contributed by atoms with E-state index in [4.69, 9.17) is 5.26 Å². The number of hydrogen-bond acceptors (Lipinski definition) is 3. The maximum absolute atomic E-state index is 12.1. The molecule has 0 saturated carbocycles. The molecule has 1 aliphatic heterocycles. The molecule has 0 aromatic carbocycles. The number of halogens is 1. The Balaban J connectivity index is 1.79. The zero-order valence-corrected chi connectivity index (χ0v) is 12.7. The number of imidazole rings is 1. The fourth-order valence-electron chi connectivity index (χ4n) is 2.35. The van der Waals surface area contributed by atoms with E-state index in [2.05, 4.69) is 39.0 Å². The Morgan fingerprint density at radius 3 is 3.15 bits per heavy atom. The molecule has 20 heavy (non-hydrogen) atoms. The van der Waals surface area contributed by atoms with Crippen LogP contribution in [0.15, 0.2) is 24.5 Å². The smallest absolute Gasteiger partial charge is 0.308 e. The molecule has 1 atom stereocenters. The highest BCUT2D eigenvalue weighted by Gasteiger charge is 2.28. The Kier molecular flexibility index (Phi) is 3.48. The summed E-state index contributed by atoms with van der Waals surface area (Å²) in [5.74, 6) is 0.501. The number of rotatable bonds is 1. The normalized spacial score (nSPS) is 18.2. The highest BCUT2D eigenvalue weighted by atomic mass is 127. The highest BCUT2D eigenvalue weighted by molar-refractivity contribution is 14.1. The van der Waals surface area contributed by atoms with Gasteiger partial charge in [-0.2, -0.15) is 5.26 Å². The van der Waals surface area contributed by atoms with Crippen LogP contribution < -0.4 is 5.32 Å². The third kappa shape index (κ3) is 2.43. The van der Waals surface area contributed by atoms with Gasteiger partial charge in [-0.05, 0) is 47.6 Å². The second kappa shape index (κ2) is 5.28. The summed E-state index contributed by atoms with van der Waals surface area (Å²) < 4.78 is 2.96. The highest BCUT2D eigenvalue weighted by Crippen LogP contribution is 2.18. The van der Waals surface area contributed by atoms with Crippen molar-refractivity contribution in [3.63, 3.8) is 0 Å². The van der Waals surface area contributed by atoms with E-state index in [1.165, 1.54) is 0 Å². The van der Waals surface area contributed by atoms with E-state index >= 15 is 0 Å². The van der Waals surface area contributed by atoms with E-state index in [-0.39, 0.29) is 12.1 Å². The molecule has 3 rings (SSSR count). The molecule has 1 unspecified atom stereocenters. The number of aromatic nitrogens is 2. The number of carbonyl (C=O) groups is 1. The van der Waals surface area contributed by atoms with Crippen LogP contribution >= 0.6 is 22.6 Å². The largest absolute Gasteiger partial charge is 0.324 e. The van der Waals surface area contributed by atoms with Gasteiger partial charge in [0.1, 0.15) is 11.7 Å². The molecule has 102 valence electrons. The summed E-state index contributed by atoms with van der Waals surface area (Å²) in [7, 11) is 0. The molecular formula is C13H12IN5O. The van der Waals surface area contributed by atoms with Gasteiger partial charge in [0.15, 0.2) is 5.82 Å². The molecule has 6 nitrogen and oxygen atoms in total. The Hall–Kier alpha value is -1.82. The van der Waals surface area contributed by atoms with E-state index in [9.17, 15) is 4.79 Å². The molecule has 2 aromatic rings. The minimum absolute atomic E-state index is 0.257. The van der Waals surface area contributed by atoms with Crippen molar-refractivity contribution in [3.8, 4) is 6.07 Å². The second-order valence-electron chi connectivity index (χ2n) is 4.65. The molecule has 0 bridgehead atoms. The van der Waals surface area contributed by atoms with Crippen molar-refractivity contribution in [2.45, 2.75) is 18.9 Å². The zero-order chi connectivity index (χ0) is 14.1. The number of pyridine rings is 1. The van der Waals surface area contributed by atoms with Crippen molar-refractivity contribution < 1.29 is 4.79 Å². The van der Waals surface area contributed by atoms with Gasteiger partial charge in [0.05, 0.1) is 12.3 Å². The Morgan fingerprint density at radius 1 is 1.50 bits per heavy atom. The molecule has 3 heterocycles. The van der Waals surface area contributed by atoms with Crippen LogP contribution in [-0.2, 0) is 0 Å². The van der Waals surface area contributed by atoms with Gasteiger partial charge in [0.25, 0.3) is 0 Å². The number of urea groups is 1. The number of nitriles is 1. The van der Waals surface area contributed by atoms with Crippen molar-refractivity contribution in [2.75, 3.05) is 11.9 Å². The number of nitrogens with zero attached hydrogens (tertiary/aromatic N) is 4. The minimum atomic E-state index is -0.326. The van der Waals surface area contributed by atoms with E-state index in [1.54, 1.807) is 11.1 Å². The summed E-state index contributed by atoms with van der Waals surface area (Å²) in [6.07, 6.45) is 5.32. The van der Waals surface area contributed by atoms with Gasteiger partial charge in [-0.25, -0.2) is 9.78 Å². The van der Waals surface area contributed by atoms with Gasteiger partial charge in [0.2, 0.25) is 0 Å². The second-order valence-corrected chi connectivity index (χ2v) is 5.90. The van der Waals surface area contributed by atoms with Crippen LogP contribution in [0.3, 0.4) is 0 Å². The van der Waals surface area contributed by atoms with Crippen molar-refractivity contribution in [1.82, 2.24) is 14.3 Å². The summed E-state index contributed by atoms with van der Waals surface area (Å²) in [5.41, 5.74) is 0.777. The monoisotopic (exact) mass is 381 g/mol. The molecule has 2 amide bonds. The van der Waals surface area contributed by atoms with Gasteiger partial charge in [0, 0.05) is 16.3 Å². The van der Waals surface area contributed by atoms with Crippen molar-refractivity contribution in [1.29, 1.82) is 5.26 Å². The predicted molar refractivity (Wildman–Crippen MR) is 82.3 cm³/mol. The number of anilines is 1. The number of amides is 2. The maximum Gasteiger partial charge on any atom is 0.324 e. The lowest BCUT2D eigenvalue weighted by Gasteiger charge is -2.18. The van der Waals surface area contributed by atoms with Crippen LogP contribution in [-0.4, -0.2) is 32.9 Å². The Labute approximate surface area is 129 Å². The third-order valence-electron chi connectivity index (χ3n) is 3.31. The fourth-order valence-corrected chi connectivity index (χ4v) is 2.83. The van der Waals surface area contributed by atoms with Crippen molar-refractivity contribution >= 4 is 40.1 Å². The van der Waals surface area contributed by atoms with E-state index < -0.39 is 0 Å². The summed E-state index contributed by atoms with van der Waals surface area (Å²) in [4.78, 5) is 18.0. The summed E-state index contributed by atoms with van der Waals surface area (Å²) in [5, 5.41) is 11.8.